The van der Waals surface area contributed by atoms with Gasteiger partial charge in [0, 0.05) is 13.2 Å². The molecule has 3 aromatic rings. The van der Waals surface area contributed by atoms with Crippen LogP contribution in [0.4, 0.5) is 0 Å². The number of nitrogens with zero attached hydrogens (tertiary/aromatic N) is 3. The fraction of sp³-hybridized carbons (Fsp3) is 0.133. The average molecular weight is 282 g/mol. The van der Waals surface area contributed by atoms with E-state index in [-0.39, 0.29) is 11.7 Å². The van der Waals surface area contributed by atoms with Crippen LogP contribution in [-0.4, -0.2) is 20.7 Å². The van der Waals surface area contributed by atoms with Crippen LogP contribution in [-0.2, 0) is 13.6 Å². The molecule has 0 aliphatic rings. The molecule has 6 heteroatoms. The predicted octanol–water partition coefficient (Wildman–Crippen LogP) is 2.01. The summed E-state index contributed by atoms with van der Waals surface area (Å²) >= 11 is 0. The van der Waals surface area contributed by atoms with E-state index in [2.05, 4.69) is 15.4 Å². The van der Waals surface area contributed by atoms with Crippen LogP contribution in [0.5, 0.6) is 0 Å². The maximum atomic E-state index is 11.8. The number of pyridine rings is 1. The quantitative estimate of drug-likeness (QED) is 0.794. The third kappa shape index (κ3) is 2.84. The van der Waals surface area contributed by atoms with E-state index in [9.17, 15) is 4.79 Å². The first kappa shape index (κ1) is 13.1. The summed E-state index contributed by atoms with van der Waals surface area (Å²) in [5.41, 5.74) is 2.51. The normalized spacial score (nSPS) is 10.5. The Balaban J connectivity index is 1.72. The SMILES string of the molecule is Cn1nc(CNC(=O)c2ccco2)cc1-c1ccccn1. The van der Waals surface area contributed by atoms with E-state index in [1.54, 1.807) is 23.0 Å². The molecule has 3 rings (SSSR count). The lowest BCUT2D eigenvalue weighted by molar-refractivity contribution is 0.0922. The molecular formula is C15H14N4O2. The standard InChI is InChI=1S/C15H14N4O2/c1-19-13(12-5-2-3-7-16-12)9-11(18-19)10-17-15(20)14-6-4-8-21-14/h2-9H,10H2,1H3,(H,17,20). The van der Waals surface area contributed by atoms with Crippen LogP contribution in [0.25, 0.3) is 11.4 Å². The first-order valence-corrected chi connectivity index (χ1v) is 6.50. The lowest BCUT2D eigenvalue weighted by Gasteiger charge is -1.99. The van der Waals surface area contributed by atoms with Crippen molar-refractivity contribution >= 4 is 5.91 Å². The van der Waals surface area contributed by atoms with Crippen molar-refractivity contribution < 1.29 is 9.21 Å². The first-order chi connectivity index (χ1) is 10.2. The van der Waals surface area contributed by atoms with Gasteiger partial charge in [-0.2, -0.15) is 5.10 Å². The zero-order valence-corrected chi connectivity index (χ0v) is 11.5. The van der Waals surface area contributed by atoms with Crippen molar-refractivity contribution in [2.24, 2.45) is 7.05 Å². The van der Waals surface area contributed by atoms with Crippen LogP contribution in [0, 0.1) is 0 Å². The Kier molecular flexibility index (Phi) is 3.51. The van der Waals surface area contributed by atoms with Gasteiger partial charge in [0.05, 0.1) is 29.9 Å². The van der Waals surface area contributed by atoms with Gasteiger partial charge in [-0.05, 0) is 30.3 Å². The minimum Gasteiger partial charge on any atom is -0.459 e. The van der Waals surface area contributed by atoms with E-state index in [4.69, 9.17) is 4.42 Å². The molecule has 0 unspecified atom stereocenters. The minimum absolute atomic E-state index is 0.259. The van der Waals surface area contributed by atoms with Gasteiger partial charge in [0.1, 0.15) is 0 Å². The highest BCUT2D eigenvalue weighted by atomic mass is 16.3. The molecule has 3 aromatic heterocycles. The van der Waals surface area contributed by atoms with Crippen molar-refractivity contribution in [3.63, 3.8) is 0 Å². The molecule has 0 aliphatic heterocycles. The summed E-state index contributed by atoms with van der Waals surface area (Å²) < 4.78 is 6.78. The molecule has 1 amide bonds. The Morgan fingerprint density at radius 3 is 2.95 bits per heavy atom. The Hall–Kier alpha value is -2.89. The molecule has 0 aromatic carbocycles. The molecule has 106 valence electrons. The molecule has 0 saturated heterocycles. The van der Waals surface area contributed by atoms with Crippen molar-refractivity contribution in [2.75, 3.05) is 0 Å². The number of rotatable bonds is 4. The van der Waals surface area contributed by atoms with Crippen molar-refractivity contribution in [3.8, 4) is 11.4 Å². The number of hydrogen-bond donors (Lipinski definition) is 1. The van der Waals surface area contributed by atoms with Crippen LogP contribution in [0.15, 0.2) is 53.3 Å². The molecule has 0 saturated carbocycles. The lowest BCUT2D eigenvalue weighted by Crippen LogP contribution is -2.22. The highest BCUT2D eigenvalue weighted by Crippen LogP contribution is 2.16. The largest absolute Gasteiger partial charge is 0.459 e. The van der Waals surface area contributed by atoms with Crippen molar-refractivity contribution in [1.82, 2.24) is 20.1 Å². The second-order valence-electron chi connectivity index (χ2n) is 4.52. The predicted molar refractivity (Wildman–Crippen MR) is 76.3 cm³/mol. The number of nitrogens with one attached hydrogen (secondary N) is 1. The van der Waals surface area contributed by atoms with Crippen molar-refractivity contribution in [2.45, 2.75) is 6.54 Å². The lowest BCUT2D eigenvalue weighted by atomic mass is 10.2. The van der Waals surface area contributed by atoms with E-state index in [1.165, 1.54) is 6.26 Å². The van der Waals surface area contributed by atoms with E-state index >= 15 is 0 Å². The molecule has 21 heavy (non-hydrogen) atoms. The summed E-state index contributed by atoms with van der Waals surface area (Å²) in [5.74, 6) is 0.0286. The minimum atomic E-state index is -0.259. The Morgan fingerprint density at radius 2 is 2.24 bits per heavy atom. The van der Waals surface area contributed by atoms with Gasteiger partial charge in [-0.25, -0.2) is 0 Å². The molecule has 0 atom stereocenters. The molecule has 0 aliphatic carbocycles. The van der Waals surface area contributed by atoms with Gasteiger partial charge in [0.25, 0.3) is 5.91 Å². The molecule has 6 nitrogen and oxygen atoms in total. The molecule has 1 N–H and O–H groups in total. The molecule has 3 heterocycles. The van der Waals surface area contributed by atoms with Gasteiger partial charge < -0.3 is 9.73 Å². The number of aryl methyl sites for hydroxylation is 1. The Bertz CT molecular complexity index is 732. The fourth-order valence-electron chi connectivity index (χ4n) is 2.03. The number of furan rings is 1. The highest BCUT2D eigenvalue weighted by molar-refractivity contribution is 5.91. The third-order valence-corrected chi connectivity index (χ3v) is 3.03. The molecule has 0 bridgehead atoms. The smallest absolute Gasteiger partial charge is 0.287 e. The third-order valence-electron chi connectivity index (χ3n) is 3.03. The Morgan fingerprint density at radius 1 is 1.33 bits per heavy atom. The summed E-state index contributed by atoms with van der Waals surface area (Å²) in [6.45, 7) is 0.334. The van der Waals surface area contributed by atoms with Crippen molar-refractivity contribution in [1.29, 1.82) is 0 Å². The number of hydrogen-bond acceptors (Lipinski definition) is 4. The Labute approximate surface area is 121 Å². The van der Waals surface area contributed by atoms with Crippen LogP contribution < -0.4 is 5.32 Å². The zero-order valence-electron chi connectivity index (χ0n) is 11.5. The molecule has 0 spiro atoms. The zero-order chi connectivity index (χ0) is 14.7. The summed E-state index contributed by atoms with van der Waals surface area (Å²) in [5, 5.41) is 7.14. The van der Waals surface area contributed by atoms with Crippen LogP contribution in [0.3, 0.4) is 0 Å². The van der Waals surface area contributed by atoms with Gasteiger partial charge in [0.2, 0.25) is 0 Å². The number of carbonyl (C=O) groups excluding carboxylic acids is 1. The number of amides is 1. The van der Waals surface area contributed by atoms with E-state index in [0.29, 0.717) is 6.54 Å². The average Bonchev–Trinajstić information content (AvgIpc) is 3.15. The summed E-state index contributed by atoms with van der Waals surface area (Å²) in [6, 6.07) is 10.9. The molecule has 0 fully saturated rings. The summed E-state index contributed by atoms with van der Waals surface area (Å²) in [4.78, 5) is 16.1. The first-order valence-electron chi connectivity index (χ1n) is 6.50. The van der Waals surface area contributed by atoms with Gasteiger partial charge in [-0.15, -0.1) is 0 Å². The number of aromatic nitrogens is 3. The van der Waals surface area contributed by atoms with E-state index in [1.807, 2.05) is 31.3 Å². The molecular weight excluding hydrogens is 268 g/mol. The summed E-state index contributed by atoms with van der Waals surface area (Å²) in [7, 11) is 1.85. The number of carbonyl (C=O) groups is 1. The maximum absolute atomic E-state index is 11.8. The van der Waals surface area contributed by atoms with E-state index in [0.717, 1.165) is 17.1 Å². The van der Waals surface area contributed by atoms with Crippen LogP contribution in [0.2, 0.25) is 0 Å². The van der Waals surface area contributed by atoms with Gasteiger partial charge >= 0.3 is 0 Å². The van der Waals surface area contributed by atoms with E-state index < -0.39 is 0 Å². The summed E-state index contributed by atoms with van der Waals surface area (Å²) in [6.07, 6.45) is 3.20. The van der Waals surface area contributed by atoms with Crippen LogP contribution in [0.1, 0.15) is 16.2 Å². The maximum Gasteiger partial charge on any atom is 0.287 e. The monoisotopic (exact) mass is 282 g/mol. The topological polar surface area (TPSA) is 73.0 Å². The van der Waals surface area contributed by atoms with Gasteiger partial charge in [-0.1, -0.05) is 6.07 Å². The fourth-order valence-corrected chi connectivity index (χ4v) is 2.03. The highest BCUT2D eigenvalue weighted by Gasteiger charge is 2.11. The molecule has 0 radical (unpaired) electrons. The van der Waals surface area contributed by atoms with Gasteiger partial charge in [-0.3, -0.25) is 14.5 Å². The second kappa shape index (κ2) is 5.62. The van der Waals surface area contributed by atoms with Crippen molar-refractivity contribution in [3.05, 3.63) is 60.3 Å². The van der Waals surface area contributed by atoms with Gasteiger partial charge in [0.15, 0.2) is 5.76 Å². The second-order valence-corrected chi connectivity index (χ2v) is 4.52. The van der Waals surface area contributed by atoms with Crippen LogP contribution >= 0.6 is 0 Å².